The normalized spacial score (nSPS) is 17.1. The standard InChI is InChI=1S/C16H23NO/c1-2-12-17(14-8-5-3-4-6-9-14)15-10-7-11-16(18)13-15/h2,7,10-11,13-14,18H,1,3-6,8-9,12H2. The van der Waals surface area contributed by atoms with Crippen LogP contribution in [-0.2, 0) is 0 Å². The predicted octanol–water partition coefficient (Wildman–Crippen LogP) is 4.11. The Bertz CT molecular complexity index is 380. The van der Waals surface area contributed by atoms with Crippen LogP contribution in [0.3, 0.4) is 0 Å². The number of anilines is 1. The summed E-state index contributed by atoms with van der Waals surface area (Å²) in [4.78, 5) is 2.39. The molecule has 1 aromatic carbocycles. The van der Waals surface area contributed by atoms with Crippen molar-refractivity contribution in [1.29, 1.82) is 0 Å². The maximum Gasteiger partial charge on any atom is 0.117 e. The highest BCUT2D eigenvalue weighted by molar-refractivity contribution is 5.51. The topological polar surface area (TPSA) is 23.5 Å². The van der Waals surface area contributed by atoms with Crippen LogP contribution in [0.2, 0.25) is 0 Å². The van der Waals surface area contributed by atoms with E-state index in [-0.39, 0.29) is 0 Å². The first kappa shape index (κ1) is 13.0. The van der Waals surface area contributed by atoms with Gasteiger partial charge in [0.25, 0.3) is 0 Å². The molecule has 1 aliphatic carbocycles. The lowest BCUT2D eigenvalue weighted by atomic mass is 10.1. The molecule has 0 spiro atoms. The molecular formula is C16H23NO. The molecule has 1 N–H and O–H groups in total. The third kappa shape index (κ3) is 3.28. The molecule has 0 bridgehead atoms. The first-order valence-electron chi connectivity index (χ1n) is 6.98. The number of phenolic OH excluding ortho intramolecular Hbond substituents is 1. The Morgan fingerprint density at radius 3 is 2.56 bits per heavy atom. The minimum Gasteiger partial charge on any atom is -0.508 e. The number of benzene rings is 1. The van der Waals surface area contributed by atoms with Crippen LogP contribution in [0.4, 0.5) is 5.69 Å². The highest BCUT2D eigenvalue weighted by Crippen LogP contribution is 2.28. The number of hydrogen-bond acceptors (Lipinski definition) is 2. The van der Waals surface area contributed by atoms with E-state index < -0.39 is 0 Å². The van der Waals surface area contributed by atoms with Crippen molar-refractivity contribution >= 4 is 5.69 Å². The fraction of sp³-hybridized carbons (Fsp3) is 0.500. The Morgan fingerprint density at radius 2 is 1.94 bits per heavy atom. The predicted molar refractivity (Wildman–Crippen MR) is 77.1 cm³/mol. The van der Waals surface area contributed by atoms with Gasteiger partial charge in [0.05, 0.1) is 0 Å². The van der Waals surface area contributed by atoms with E-state index in [1.807, 2.05) is 18.2 Å². The molecular weight excluding hydrogens is 222 g/mol. The Hall–Kier alpha value is -1.44. The molecule has 98 valence electrons. The van der Waals surface area contributed by atoms with Gasteiger partial charge in [-0.15, -0.1) is 6.58 Å². The zero-order chi connectivity index (χ0) is 12.8. The van der Waals surface area contributed by atoms with E-state index in [1.165, 1.54) is 38.5 Å². The summed E-state index contributed by atoms with van der Waals surface area (Å²) in [6.45, 7) is 4.72. The molecule has 18 heavy (non-hydrogen) atoms. The Morgan fingerprint density at radius 1 is 1.22 bits per heavy atom. The van der Waals surface area contributed by atoms with Crippen molar-refractivity contribution in [2.45, 2.75) is 44.6 Å². The second-order valence-electron chi connectivity index (χ2n) is 5.11. The minimum atomic E-state index is 0.343. The van der Waals surface area contributed by atoms with Crippen molar-refractivity contribution in [2.75, 3.05) is 11.4 Å². The molecule has 0 atom stereocenters. The van der Waals surface area contributed by atoms with Gasteiger partial charge in [-0.3, -0.25) is 0 Å². The van der Waals surface area contributed by atoms with Gasteiger partial charge in [0, 0.05) is 24.3 Å². The van der Waals surface area contributed by atoms with E-state index in [1.54, 1.807) is 6.07 Å². The highest BCUT2D eigenvalue weighted by Gasteiger charge is 2.19. The average Bonchev–Trinajstić information content (AvgIpc) is 2.64. The Labute approximate surface area is 110 Å². The fourth-order valence-electron chi connectivity index (χ4n) is 2.85. The maximum atomic E-state index is 9.63. The van der Waals surface area contributed by atoms with Crippen LogP contribution in [0, 0.1) is 0 Å². The lowest BCUT2D eigenvalue weighted by Crippen LogP contribution is -2.35. The lowest BCUT2D eigenvalue weighted by Gasteiger charge is -2.32. The zero-order valence-corrected chi connectivity index (χ0v) is 11.0. The zero-order valence-electron chi connectivity index (χ0n) is 11.0. The van der Waals surface area contributed by atoms with Crippen molar-refractivity contribution in [2.24, 2.45) is 0 Å². The molecule has 0 saturated heterocycles. The molecule has 2 heteroatoms. The molecule has 0 radical (unpaired) electrons. The lowest BCUT2D eigenvalue weighted by molar-refractivity contribution is 0.474. The summed E-state index contributed by atoms with van der Waals surface area (Å²) in [6, 6.07) is 8.16. The average molecular weight is 245 g/mol. The number of aromatic hydroxyl groups is 1. The van der Waals surface area contributed by atoms with E-state index in [9.17, 15) is 5.11 Å². The summed E-state index contributed by atoms with van der Waals surface area (Å²) in [5.41, 5.74) is 1.11. The van der Waals surface area contributed by atoms with Crippen molar-refractivity contribution in [3.05, 3.63) is 36.9 Å². The minimum absolute atomic E-state index is 0.343. The number of phenols is 1. The summed E-state index contributed by atoms with van der Waals surface area (Å²) < 4.78 is 0. The van der Waals surface area contributed by atoms with Crippen LogP contribution in [0.1, 0.15) is 38.5 Å². The van der Waals surface area contributed by atoms with Crippen LogP contribution < -0.4 is 4.90 Å². The van der Waals surface area contributed by atoms with Crippen molar-refractivity contribution in [3.8, 4) is 5.75 Å². The molecule has 1 saturated carbocycles. The summed E-state index contributed by atoms with van der Waals surface area (Å²) in [7, 11) is 0. The SMILES string of the molecule is C=CCN(c1cccc(O)c1)C1CCCCCC1. The molecule has 0 unspecified atom stereocenters. The molecule has 1 fully saturated rings. The molecule has 1 aliphatic rings. The first-order valence-corrected chi connectivity index (χ1v) is 6.98. The van der Waals surface area contributed by atoms with E-state index >= 15 is 0 Å². The molecule has 0 aliphatic heterocycles. The molecule has 0 amide bonds. The Kier molecular flexibility index (Phi) is 4.68. The van der Waals surface area contributed by atoms with Crippen LogP contribution in [-0.4, -0.2) is 17.7 Å². The fourth-order valence-corrected chi connectivity index (χ4v) is 2.85. The molecule has 1 aromatic rings. The molecule has 0 aromatic heterocycles. The quantitative estimate of drug-likeness (QED) is 0.637. The van der Waals surface area contributed by atoms with Gasteiger partial charge in [-0.25, -0.2) is 0 Å². The van der Waals surface area contributed by atoms with Gasteiger partial charge in [-0.05, 0) is 25.0 Å². The second kappa shape index (κ2) is 6.48. The smallest absolute Gasteiger partial charge is 0.117 e. The van der Waals surface area contributed by atoms with Crippen LogP contribution in [0.15, 0.2) is 36.9 Å². The maximum absolute atomic E-state index is 9.63. The van der Waals surface area contributed by atoms with Gasteiger partial charge in [-0.2, -0.15) is 0 Å². The summed E-state index contributed by atoms with van der Waals surface area (Å²) >= 11 is 0. The van der Waals surface area contributed by atoms with Crippen molar-refractivity contribution in [3.63, 3.8) is 0 Å². The monoisotopic (exact) mass is 245 g/mol. The van der Waals surface area contributed by atoms with Crippen molar-refractivity contribution in [1.82, 2.24) is 0 Å². The third-order valence-electron chi connectivity index (χ3n) is 3.75. The third-order valence-corrected chi connectivity index (χ3v) is 3.75. The van der Waals surface area contributed by atoms with Gasteiger partial charge in [0.1, 0.15) is 5.75 Å². The van der Waals surface area contributed by atoms with Crippen LogP contribution >= 0.6 is 0 Å². The highest BCUT2D eigenvalue weighted by atomic mass is 16.3. The number of nitrogens with zero attached hydrogens (tertiary/aromatic N) is 1. The van der Waals surface area contributed by atoms with Gasteiger partial charge >= 0.3 is 0 Å². The largest absolute Gasteiger partial charge is 0.508 e. The van der Waals surface area contributed by atoms with E-state index in [4.69, 9.17) is 0 Å². The van der Waals surface area contributed by atoms with Gasteiger partial charge < -0.3 is 10.0 Å². The first-order chi connectivity index (χ1) is 8.81. The van der Waals surface area contributed by atoms with Gasteiger partial charge in [0.2, 0.25) is 0 Å². The van der Waals surface area contributed by atoms with Crippen LogP contribution in [0.5, 0.6) is 5.75 Å². The molecule has 0 heterocycles. The van der Waals surface area contributed by atoms with E-state index in [0.717, 1.165) is 12.2 Å². The summed E-state index contributed by atoms with van der Waals surface area (Å²) in [6.07, 6.45) is 9.81. The summed E-state index contributed by atoms with van der Waals surface area (Å²) in [5.74, 6) is 0.343. The summed E-state index contributed by atoms with van der Waals surface area (Å²) in [5, 5.41) is 9.63. The van der Waals surface area contributed by atoms with Crippen molar-refractivity contribution < 1.29 is 5.11 Å². The van der Waals surface area contributed by atoms with E-state index in [2.05, 4.69) is 17.5 Å². The van der Waals surface area contributed by atoms with Gasteiger partial charge in [-0.1, -0.05) is 37.8 Å². The second-order valence-corrected chi connectivity index (χ2v) is 5.11. The van der Waals surface area contributed by atoms with Crippen LogP contribution in [0.25, 0.3) is 0 Å². The molecule has 2 nitrogen and oxygen atoms in total. The van der Waals surface area contributed by atoms with Gasteiger partial charge in [0.15, 0.2) is 0 Å². The number of rotatable bonds is 4. The molecule has 2 rings (SSSR count). The van der Waals surface area contributed by atoms with E-state index in [0.29, 0.717) is 11.8 Å². The number of hydrogen-bond donors (Lipinski definition) is 1. The Balaban J connectivity index is 2.18.